The van der Waals surface area contributed by atoms with Crippen LogP contribution in [0.2, 0.25) is 0 Å². The third kappa shape index (κ3) is 4.75. The lowest BCUT2D eigenvalue weighted by molar-refractivity contribution is 0.465. The van der Waals surface area contributed by atoms with Crippen molar-refractivity contribution in [3.8, 4) is 34.1 Å². The SMILES string of the molecule is Nc1nccc(-c2cccnc2Oc2ccc(Nc3ccc(-c4ccccc4)nn3)cc2)n1. The Morgan fingerprint density at radius 2 is 1.55 bits per heavy atom. The topological polar surface area (TPSA) is 112 Å². The summed E-state index contributed by atoms with van der Waals surface area (Å²) in [4.78, 5) is 12.5. The van der Waals surface area contributed by atoms with Crippen LogP contribution in [0.3, 0.4) is 0 Å². The maximum Gasteiger partial charge on any atom is 0.228 e. The second-order valence-corrected chi connectivity index (χ2v) is 7.08. The van der Waals surface area contributed by atoms with E-state index in [2.05, 4.69) is 30.5 Å². The van der Waals surface area contributed by atoms with E-state index in [1.54, 1.807) is 18.5 Å². The molecular weight excluding hydrogens is 414 g/mol. The number of pyridine rings is 1. The second kappa shape index (κ2) is 9.11. The fourth-order valence-corrected chi connectivity index (χ4v) is 3.22. The van der Waals surface area contributed by atoms with Crippen LogP contribution in [0.5, 0.6) is 11.6 Å². The number of nitrogens with one attached hydrogen (secondary N) is 1. The number of benzene rings is 2. The first-order valence-corrected chi connectivity index (χ1v) is 10.2. The van der Waals surface area contributed by atoms with Crippen molar-refractivity contribution in [3.05, 3.63) is 97.3 Å². The number of anilines is 3. The minimum Gasteiger partial charge on any atom is -0.438 e. The molecule has 160 valence electrons. The number of nitrogen functional groups attached to an aromatic ring is 1. The van der Waals surface area contributed by atoms with Crippen molar-refractivity contribution in [3.63, 3.8) is 0 Å². The molecule has 8 heteroatoms. The van der Waals surface area contributed by atoms with Gasteiger partial charge in [0.05, 0.1) is 17.0 Å². The second-order valence-electron chi connectivity index (χ2n) is 7.08. The van der Waals surface area contributed by atoms with E-state index in [1.807, 2.05) is 78.9 Å². The Morgan fingerprint density at radius 3 is 2.30 bits per heavy atom. The summed E-state index contributed by atoms with van der Waals surface area (Å²) in [6.07, 6.45) is 3.27. The standard InChI is InChI=1S/C25H19N7O/c26-25-28-16-14-22(30-25)20-7-4-15-27-24(20)33-19-10-8-18(9-11-19)29-23-13-12-21(31-32-23)17-5-2-1-3-6-17/h1-16H,(H,29,32)(H2,26,28,30). The molecule has 0 saturated carbocycles. The van der Waals surface area contributed by atoms with Gasteiger partial charge >= 0.3 is 0 Å². The predicted molar refractivity (Wildman–Crippen MR) is 127 cm³/mol. The van der Waals surface area contributed by atoms with Crippen LogP contribution in [0.15, 0.2) is 97.3 Å². The fraction of sp³-hybridized carbons (Fsp3) is 0. The number of hydrogen-bond donors (Lipinski definition) is 2. The van der Waals surface area contributed by atoms with Gasteiger partial charge in [-0.1, -0.05) is 30.3 Å². The number of nitrogens with two attached hydrogens (primary N) is 1. The lowest BCUT2D eigenvalue weighted by atomic mass is 10.1. The van der Waals surface area contributed by atoms with Gasteiger partial charge in [0.1, 0.15) is 5.75 Å². The minimum absolute atomic E-state index is 0.192. The molecule has 0 amide bonds. The van der Waals surface area contributed by atoms with Crippen molar-refractivity contribution < 1.29 is 4.74 Å². The van der Waals surface area contributed by atoms with Gasteiger partial charge in [-0.3, -0.25) is 0 Å². The molecule has 3 aromatic heterocycles. The first kappa shape index (κ1) is 20.1. The average molecular weight is 433 g/mol. The summed E-state index contributed by atoms with van der Waals surface area (Å²) in [5.74, 6) is 1.90. The molecule has 33 heavy (non-hydrogen) atoms. The highest BCUT2D eigenvalue weighted by Gasteiger charge is 2.11. The molecule has 3 N–H and O–H groups in total. The fourth-order valence-electron chi connectivity index (χ4n) is 3.22. The Labute approximate surface area is 190 Å². The molecule has 0 atom stereocenters. The Kier molecular flexibility index (Phi) is 5.54. The van der Waals surface area contributed by atoms with Gasteiger partial charge in [0.15, 0.2) is 5.82 Å². The van der Waals surface area contributed by atoms with E-state index in [-0.39, 0.29) is 5.95 Å². The minimum atomic E-state index is 0.192. The largest absolute Gasteiger partial charge is 0.438 e. The zero-order valence-corrected chi connectivity index (χ0v) is 17.5. The van der Waals surface area contributed by atoms with Crippen molar-refractivity contribution in [1.82, 2.24) is 25.1 Å². The number of nitrogens with zero attached hydrogens (tertiary/aromatic N) is 5. The highest BCUT2D eigenvalue weighted by atomic mass is 16.5. The Balaban J connectivity index is 1.29. The summed E-state index contributed by atoms with van der Waals surface area (Å²) < 4.78 is 6.01. The third-order valence-electron chi connectivity index (χ3n) is 4.80. The van der Waals surface area contributed by atoms with Crippen molar-refractivity contribution in [2.75, 3.05) is 11.1 Å². The smallest absolute Gasteiger partial charge is 0.228 e. The van der Waals surface area contributed by atoms with Crippen LogP contribution in [0.4, 0.5) is 17.5 Å². The van der Waals surface area contributed by atoms with Crippen LogP contribution in [0.1, 0.15) is 0 Å². The van der Waals surface area contributed by atoms with Crippen molar-refractivity contribution in [1.29, 1.82) is 0 Å². The monoisotopic (exact) mass is 433 g/mol. The Bertz CT molecular complexity index is 1360. The van der Waals surface area contributed by atoms with Crippen molar-refractivity contribution in [2.45, 2.75) is 0 Å². The summed E-state index contributed by atoms with van der Waals surface area (Å²) in [5.41, 5.74) is 9.78. The van der Waals surface area contributed by atoms with Crippen LogP contribution in [0, 0.1) is 0 Å². The van der Waals surface area contributed by atoms with E-state index in [1.165, 1.54) is 0 Å². The van der Waals surface area contributed by atoms with Crippen LogP contribution in [-0.4, -0.2) is 25.1 Å². The van der Waals surface area contributed by atoms with Gasteiger partial charge in [0.2, 0.25) is 11.8 Å². The zero-order chi connectivity index (χ0) is 22.5. The van der Waals surface area contributed by atoms with Gasteiger partial charge in [-0.15, -0.1) is 10.2 Å². The molecular formula is C25H19N7O. The van der Waals surface area contributed by atoms with E-state index in [4.69, 9.17) is 10.5 Å². The Hall–Kier alpha value is -4.85. The van der Waals surface area contributed by atoms with Crippen molar-refractivity contribution >= 4 is 17.5 Å². The molecule has 2 aromatic carbocycles. The van der Waals surface area contributed by atoms with E-state index in [0.717, 1.165) is 22.5 Å². The van der Waals surface area contributed by atoms with Gasteiger partial charge in [-0.2, -0.15) is 0 Å². The number of ether oxygens (including phenoxy) is 1. The lowest BCUT2D eigenvalue weighted by Crippen LogP contribution is -1.98. The number of hydrogen-bond acceptors (Lipinski definition) is 8. The molecule has 0 saturated heterocycles. The molecule has 3 heterocycles. The summed E-state index contributed by atoms with van der Waals surface area (Å²) >= 11 is 0. The van der Waals surface area contributed by atoms with E-state index < -0.39 is 0 Å². The summed E-state index contributed by atoms with van der Waals surface area (Å²) in [6, 6.07) is 26.7. The predicted octanol–water partition coefficient (Wildman–Crippen LogP) is 5.11. The van der Waals surface area contributed by atoms with Gasteiger partial charge in [-0.25, -0.2) is 15.0 Å². The van der Waals surface area contributed by atoms with Crippen LogP contribution < -0.4 is 15.8 Å². The molecule has 0 aliphatic rings. The normalized spacial score (nSPS) is 10.5. The van der Waals surface area contributed by atoms with Gasteiger partial charge < -0.3 is 15.8 Å². The zero-order valence-electron chi connectivity index (χ0n) is 17.5. The quantitative estimate of drug-likeness (QED) is 0.380. The van der Waals surface area contributed by atoms with Crippen LogP contribution in [-0.2, 0) is 0 Å². The number of rotatable bonds is 6. The molecule has 5 rings (SSSR count). The summed E-state index contributed by atoms with van der Waals surface area (Å²) in [6.45, 7) is 0. The highest BCUT2D eigenvalue weighted by molar-refractivity contribution is 5.66. The van der Waals surface area contributed by atoms with Gasteiger partial charge in [-0.05, 0) is 54.6 Å². The third-order valence-corrected chi connectivity index (χ3v) is 4.80. The first-order chi connectivity index (χ1) is 16.2. The first-order valence-electron chi connectivity index (χ1n) is 10.2. The lowest BCUT2D eigenvalue weighted by Gasteiger charge is -2.11. The molecule has 5 aromatic rings. The van der Waals surface area contributed by atoms with E-state index in [0.29, 0.717) is 23.1 Å². The molecule has 0 fully saturated rings. The molecule has 0 aliphatic heterocycles. The molecule has 0 radical (unpaired) electrons. The van der Waals surface area contributed by atoms with E-state index in [9.17, 15) is 0 Å². The molecule has 0 aliphatic carbocycles. The highest BCUT2D eigenvalue weighted by Crippen LogP contribution is 2.31. The van der Waals surface area contributed by atoms with Crippen LogP contribution in [0.25, 0.3) is 22.5 Å². The maximum absolute atomic E-state index is 6.01. The average Bonchev–Trinajstić information content (AvgIpc) is 2.87. The molecule has 8 nitrogen and oxygen atoms in total. The van der Waals surface area contributed by atoms with Crippen molar-refractivity contribution in [2.24, 2.45) is 0 Å². The summed E-state index contributed by atoms with van der Waals surface area (Å²) in [7, 11) is 0. The van der Waals surface area contributed by atoms with Gasteiger partial charge in [0, 0.05) is 23.6 Å². The Morgan fingerprint density at radius 1 is 0.697 bits per heavy atom. The van der Waals surface area contributed by atoms with Gasteiger partial charge in [0.25, 0.3) is 0 Å². The summed E-state index contributed by atoms with van der Waals surface area (Å²) in [5, 5.41) is 11.8. The van der Waals surface area contributed by atoms with E-state index >= 15 is 0 Å². The van der Waals surface area contributed by atoms with Crippen LogP contribution >= 0.6 is 0 Å². The molecule has 0 spiro atoms. The molecule has 0 unspecified atom stereocenters. The maximum atomic E-state index is 6.01. The number of aromatic nitrogens is 5. The molecule has 0 bridgehead atoms.